The molecule has 6 atom stereocenters. The number of likely N-dealkylation sites (tertiary alicyclic amines) is 3. The van der Waals surface area contributed by atoms with Crippen LogP contribution in [-0.4, -0.2) is 204 Å². The van der Waals surface area contributed by atoms with Crippen LogP contribution in [-0.2, 0) is 83.2 Å². The Morgan fingerprint density at radius 2 is 0.518 bits per heavy atom. The number of alkyl halides is 13. The van der Waals surface area contributed by atoms with Gasteiger partial charge in [-0.3, -0.25) is 98.4 Å². The smallest absolute Gasteiger partial charge is 1.00 e. The second-order valence-electron chi connectivity index (χ2n) is 32.7. The topological polar surface area (TPSA) is 445 Å². The zero-order chi connectivity index (χ0) is 102. The van der Waals surface area contributed by atoms with E-state index >= 15 is 0 Å². The van der Waals surface area contributed by atoms with Gasteiger partial charge in [-0.2, -0.15) is 52.7 Å². The van der Waals surface area contributed by atoms with Crippen molar-refractivity contribution in [3.8, 4) is 0 Å². The number of rotatable bonds is 11. The van der Waals surface area contributed by atoms with Gasteiger partial charge in [-0.05, 0) is 107 Å². The predicted octanol–water partition coefficient (Wildman–Crippen LogP) is 7.68. The number of ether oxygens (including phenoxy) is 1. The third-order valence-electron chi connectivity index (χ3n) is 23.4. The third-order valence-corrected chi connectivity index (χ3v) is 24.0. The number of cyclic esters (lactones) is 2. The number of imide groups is 4. The summed E-state index contributed by atoms with van der Waals surface area (Å²) in [6.07, 6.45) is -16.8. The Morgan fingerprint density at radius 1 is 0.291 bits per heavy atom. The molecule has 14 amide bonds. The van der Waals surface area contributed by atoms with Crippen molar-refractivity contribution in [2.75, 3.05) is 39.3 Å². The Labute approximate surface area is 826 Å². The molecular formula is C96H86BrF12N14NaO17. The van der Waals surface area contributed by atoms with Crippen molar-refractivity contribution in [1.82, 2.24) is 50.2 Å². The number of halogens is 13. The third kappa shape index (κ3) is 25.1. The summed E-state index contributed by atoms with van der Waals surface area (Å²) in [7, 11) is 0. The molecule has 20 rings (SSSR count). The molecule has 0 radical (unpaired) electrons. The quantitative estimate of drug-likeness (QED) is 0.00953. The number of benzene rings is 9. The first kappa shape index (κ1) is 107. The Balaban J connectivity index is 0.000000171. The number of esters is 2. The van der Waals surface area contributed by atoms with Gasteiger partial charge in [0.25, 0.3) is 47.3 Å². The number of nitrogens with zero attached hydrogens (tertiary/aromatic N) is 7. The van der Waals surface area contributed by atoms with Crippen LogP contribution in [0, 0.1) is 0 Å². The molecular weight excluding hydrogens is 1950 g/mol. The maximum absolute atomic E-state index is 13.2. The van der Waals surface area contributed by atoms with Gasteiger partial charge in [0.15, 0.2) is 0 Å². The number of amides is 14. The molecule has 9 aromatic carbocycles. The van der Waals surface area contributed by atoms with Gasteiger partial charge < -0.3 is 48.3 Å². The summed E-state index contributed by atoms with van der Waals surface area (Å²) in [4.78, 5) is 197. The molecule has 11 heterocycles. The zero-order valence-corrected chi connectivity index (χ0v) is 77.9. The molecule has 45 heteroatoms. The SMILES string of the molecule is FC(F)(F)c1ccccc1CBr.NN.N[C@@H]1CC(=O)N(Cc2ccccc2C(F)(F)F)C1.N[C@H]1CNC(=O)C1.O=C1C[C@@H](N2C(=O)c3ccccc3C2=O)CN1.O=C1C[C@@H](N2C(=O)c3ccccc3C2=O)CN1.O=C1C[C@@H](N2C(=O)c3ccccc3C2=O)CN1Cc1ccccc1C(F)(F)F.O=C1C[C@@H](N2C(=O)c3ccccc3C2=O)CN1Cc1ccccc1C(F)(F)F.O=C1OC(=O)c2ccccc21.[H-].[Na+]. The molecule has 0 spiro atoms. The monoisotopic (exact) mass is 2040 g/mol. The Hall–Kier alpha value is -14.0. The fourth-order valence-corrected chi connectivity index (χ4v) is 17.3. The number of hydrazine groups is 1. The number of nitrogens with two attached hydrogens (primary N) is 4. The molecule has 0 bridgehead atoms. The van der Waals surface area contributed by atoms with E-state index in [9.17, 15) is 129 Å². The van der Waals surface area contributed by atoms with Crippen molar-refractivity contribution in [3.05, 3.63) is 319 Å². The van der Waals surface area contributed by atoms with Crippen molar-refractivity contribution in [2.24, 2.45) is 23.2 Å². The molecule has 141 heavy (non-hydrogen) atoms. The van der Waals surface area contributed by atoms with E-state index < -0.39 is 106 Å². The average molecular weight is 2040 g/mol. The first-order valence-electron chi connectivity index (χ1n) is 42.8. The van der Waals surface area contributed by atoms with Gasteiger partial charge in [-0.25, -0.2) is 9.59 Å². The van der Waals surface area contributed by atoms with Gasteiger partial charge in [0, 0.05) is 115 Å². The van der Waals surface area contributed by atoms with E-state index in [0.29, 0.717) is 66.0 Å². The van der Waals surface area contributed by atoms with Crippen LogP contribution in [0.1, 0.15) is 188 Å². The van der Waals surface area contributed by atoms with Gasteiger partial charge >= 0.3 is 66.2 Å². The molecule has 9 aromatic rings. The largest absolute Gasteiger partial charge is 1.00 e. The standard InChI is InChI=1S/2C20H15F3N2O3.C12H13F3N2O.2C12H10N2O3.C8H6BrF3.C8H4O3.C4H8N2O.H4N2.Na.H/c2*21-20(22,23)16-8-4-1-5-12(16)10-24-11-13(9-17(24)26)25-18(27)14-6-2-3-7-15(14)19(25)28;13-12(14,15)10-4-2-1-3-8(10)6-17-7-9(16)5-11(17)18;2*15-10-5-7(6-13-10)14-11(16)8-3-1-2-4-9(8)12(14)17;9-5-6-3-1-2-4-7(6)8(10,11)12;9-7-5-3-1-2-4-6(5)8(10)11-7;5-3-1-4(7)6-2-3;1-2;;/h2*1-8,13H,9-11H2;1-4,9H,5-7,16H2;2*1-4,7H,5-6H2,(H,13,15);1-4H,5H2;1-4H;3H,1-2,5H2,(H,6,7);1-2H2;;/q;;;;;;;;;+1;-1/t2*13-;9-;2*7-;;;3-;;;/m11111..1.../s1. The molecule has 0 saturated carbocycles. The van der Waals surface area contributed by atoms with Crippen LogP contribution < -0.4 is 68.7 Å². The molecule has 11 aliphatic rings. The van der Waals surface area contributed by atoms with Gasteiger partial charge in [0.1, 0.15) is 0 Å². The van der Waals surface area contributed by atoms with E-state index in [4.69, 9.17) is 11.5 Å². The fourth-order valence-electron chi connectivity index (χ4n) is 16.8. The van der Waals surface area contributed by atoms with Crippen molar-refractivity contribution in [2.45, 2.75) is 124 Å². The van der Waals surface area contributed by atoms with E-state index in [0.717, 1.165) is 34.1 Å². The Bertz CT molecular complexity index is 5950. The average Bonchev–Trinajstić information content (AvgIpc) is 1.63. The molecule has 31 nitrogen and oxygen atoms in total. The molecule has 0 aliphatic carbocycles. The summed E-state index contributed by atoms with van der Waals surface area (Å²) in [5.74, 6) is 2.66. The minimum atomic E-state index is -4.53. The van der Waals surface area contributed by atoms with Crippen molar-refractivity contribution < 1.29 is 165 Å². The summed E-state index contributed by atoms with van der Waals surface area (Å²) in [6, 6.07) is 51.4. The van der Waals surface area contributed by atoms with Crippen molar-refractivity contribution >= 4 is 111 Å². The van der Waals surface area contributed by atoms with Crippen LogP contribution in [0.4, 0.5) is 52.7 Å². The van der Waals surface area contributed by atoms with Crippen LogP contribution in [0.2, 0.25) is 0 Å². The Kier molecular flexibility index (Phi) is 35.0. The number of carbonyl (C=O) groups is 16. The minimum absolute atomic E-state index is 0. The second-order valence-corrected chi connectivity index (χ2v) is 33.2. The summed E-state index contributed by atoms with van der Waals surface area (Å²) in [5.41, 5.74) is 12.0. The number of hydrogen-bond acceptors (Lipinski definition) is 21. The van der Waals surface area contributed by atoms with Crippen LogP contribution >= 0.6 is 15.9 Å². The molecule has 734 valence electrons. The summed E-state index contributed by atoms with van der Waals surface area (Å²) < 4.78 is 158. The molecule has 0 aromatic heterocycles. The molecule has 0 unspecified atom stereocenters. The van der Waals surface area contributed by atoms with Gasteiger partial charge in [0.2, 0.25) is 35.4 Å². The zero-order valence-electron chi connectivity index (χ0n) is 75.4. The van der Waals surface area contributed by atoms with Crippen molar-refractivity contribution in [3.63, 3.8) is 0 Å². The maximum atomic E-state index is 13.2. The number of nitrogens with one attached hydrogen (secondary N) is 3. The maximum Gasteiger partial charge on any atom is 1.00 e. The van der Waals surface area contributed by atoms with E-state index in [-0.39, 0.29) is 217 Å². The van der Waals surface area contributed by atoms with Gasteiger partial charge in [-0.1, -0.05) is 149 Å². The van der Waals surface area contributed by atoms with E-state index in [2.05, 4.69) is 48.3 Å². The first-order valence-corrected chi connectivity index (χ1v) is 43.9. The van der Waals surface area contributed by atoms with Gasteiger partial charge in [-0.15, -0.1) is 0 Å². The first-order chi connectivity index (χ1) is 66.4. The van der Waals surface area contributed by atoms with E-state index in [1.165, 1.54) is 91.2 Å². The number of hydrogen-bond donors (Lipinski definition) is 7. The molecule has 6 saturated heterocycles. The summed E-state index contributed by atoms with van der Waals surface area (Å²) >= 11 is 3.00. The second kappa shape index (κ2) is 45.9. The van der Waals surface area contributed by atoms with E-state index in [1.807, 2.05) is 0 Å². The fraction of sp³-hybridized carbons (Fsp3) is 0.271. The summed E-state index contributed by atoms with van der Waals surface area (Å²) in [5, 5.41) is 8.09. The van der Waals surface area contributed by atoms with Crippen LogP contribution in [0.3, 0.4) is 0 Å². The van der Waals surface area contributed by atoms with Crippen LogP contribution in [0.25, 0.3) is 0 Å². The van der Waals surface area contributed by atoms with E-state index in [1.54, 1.807) is 127 Å². The predicted molar refractivity (Wildman–Crippen MR) is 476 cm³/mol. The molecule has 11 aliphatic heterocycles. The van der Waals surface area contributed by atoms with Crippen LogP contribution in [0.5, 0.6) is 0 Å². The number of fused-ring (bicyclic) bond motifs is 5. The van der Waals surface area contributed by atoms with Gasteiger partial charge in [0.05, 0.1) is 102 Å². The summed E-state index contributed by atoms with van der Waals surface area (Å²) in [6.45, 7) is 1.19. The van der Waals surface area contributed by atoms with Crippen LogP contribution in [0.15, 0.2) is 218 Å². The molecule has 11 N–H and O–H groups in total. The molecule has 6 fully saturated rings. The Morgan fingerprint density at radius 3 is 0.738 bits per heavy atom. The minimum Gasteiger partial charge on any atom is -1.00 e. The number of carbonyl (C=O) groups excluding carboxylic acids is 16. The normalized spacial score (nSPS) is 19.6. The van der Waals surface area contributed by atoms with Crippen molar-refractivity contribution in [1.29, 1.82) is 0 Å².